The molecule has 3 rings (SSSR count). The van der Waals surface area contributed by atoms with E-state index >= 15 is 0 Å². The molecule has 1 saturated heterocycles. The average molecular weight is 281 g/mol. The van der Waals surface area contributed by atoms with Crippen molar-refractivity contribution in [2.24, 2.45) is 5.92 Å². The summed E-state index contributed by atoms with van der Waals surface area (Å²) in [5.74, 6) is 0.944. The van der Waals surface area contributed by atoms with E-state index < -0.39 is 0 Å². The van der Waals surface area contributed by atoms with Crippen molar-refractivity contribution in [1.82, 2.24) is 0 Å². The van der Waals surface area contributed by atoms with E-state index in [-0.39, 0.29) is 24.1 Å². The van der Waals surface area contributed by atoms with E-state index in [0.717, 1.165) is 11.5 Å². The maximum Gasteiger partial charge on any atom is 0.465 e. The topological polar surface area (TPSA) is 18.5 Å². The lowest BCUT2D eigenvalue weighted by Crippen LogP contribution is -2.41. The molecule has 0 N–H and O–H groups in total. The molecule has 1 aliphatic heterocycles. The molecule has 3 aliphatic rings. The summed E-state index contributed by atoms with van der Waals surface area (Å²) < 4.78 is 12.2. The van der Waals surface area contributed by atoms with Crippen LogP contribution in [0, 0.1) is 5.92 Å². The zero-order chi connectivity index (χ0) is 13.8. The standard InChI is InChI=1S/C15H22BClO2/c1-14(2)15(3,4)19-16(18-14)11-7-8-12(10-5-6-10)13(17)9-11/h8-11H,5-7H2,1-4H3. The molecule has 1 atom stereocenters. The second-order valence-corrected chi connectivity index (χ2v) is 7.38. The molecule has 0 aromatic heterocycles. The molecule has 0 amide bonds. The summed E-state index contributed by atoms with van der Waals surface area (Å²) in [6, 6.07) is 0. The fourth-order valence-corrected chi connectivity index (χ4v) is 3.12. The fourth-order valence-electron chi connectivity index (χ4n) is 2.72. The molecule has 1 heterocycles. The number of hydrogen-bond donors (Lipinski definition) is 0. The monoisotopic (exact) mass is 280 g/mol. The van der Waals surface area contributed by atoms with Crippen LogP contribution in [0.4, 0.5) is 0 Å². The second-order valence-electron chi connectivity index (χ2n) is 6.97. The molecule has 0 aromatic carbocycles. The first-order valence-corrected chi connectivity index (χ1v) is 7.61. The van der Waals surface area contributed by atoms with Gasteiger partial charge in [0.05, 0.1) is 11.2 Å². The van der Waals surface area contributed by atoms with E-state index in [1.54, 1.807) is 0 Å². The molecule has 2 nitrogen and oxygen atoms in total. The van der Waals surface area contributed by atoms with Crippen LogP contribution in [0.5, 0.6) is 0 Å². The Morgan fingerprint density at radius 2 is 1.74 bits per heavy atom. The van der Waals surface area contributed by atoms with Crippen LogP contribution in [0.1, 0.15) is 47.0 Å². The van der Waals surface area contributed by atoms with Crippen LogP contribution in [0.25, 0.3) is 0 Å². The van der Waals surface area contributed by atoms with Gasteiger partial charge in [0.15, 0.2) is 0 Å². The molecular formula is C15H22BClO2. The Bertz CT molecular complexity index is 433. The Hall–Kier alpha value is -0.245. The van der Waals surface area contributed by atoms with Crippen molar-refractivity contribution in [3.05, 3.63) is 22.8 Å². The minimum absolute atomic E-state index is 0.184. The number of allylic oxidation sites excluding steroid dienone is 4. The van der Waals surface area contributed by atoms with Gasteiger partial charge in [-0.15, -0.1) is 0 Å². The SMILES string of the molecule is CC1(C)OB(C2C=C(Cl)C(C3CC3)=CC2)OC1(C)C. The van der Waals surface area contributed by atoms with Gasteiger partial charge in [0, 0.05) is 10.8 Å². The minimum Gasteiger partial charge on any atom is -0.403 e. The highest BCUT2D eigenvalue weighted by molar-refractivity contribution is 6.48. The first kappa shape index (κ1) is 13.7. The summed E-state index contributed by atoms with van der Waals surface area (Å²) in [4.78, 5) is 0. The van der Waals surface area contributed by atoms with Crippen LogP contribution in [-0.2, 0) is 9.31 Å². The molecule has 4 heteroatoms. The largest absolute Gasteiger partial charge is 0.465 e. The van der Waals surface area contributed by atoms with E-state index in [1.165, 1.54) is 18.4 Å². The molecule has 1 unspecified atom stereocenters. The predicted molar refractivity (Wildman–Crippen MR) is 79.2 cm³/mol. The Kier molecular flexibility index (Phi) is 3.16. The van der Waals surface area contributed by atoms with E-state index in [0.29, 0.717) is 5.92 Å². The van der Waals surface area contributed by atoms with Gasteiger partial charge in [-0.2, -0.15) is 0 Å². The Morgan fingerprint density at radius 3 is 2.21 bits per heavy atom. The molecular weight excluding hydrogens is 258 g/mol. The van der Waals surface area contributed by atoms with Crippen molar-refractivity contribution in [2.75, 3.05) is 0 Å². The predicted octanol–water partition coefficient (Wildman–Crippen LogP) is 4.31. The van der Waals surface area contributed by atoms with Gasteiger partial charge in [-0.1, -0.05) is 23.8 Å². The van der Waals surface area contributed by atoms with E-state index in [2.05, 4.69) is 39.8 Å². The molecule has 104 valence electrons. The zero-order valence-electron chi connectivity index (χ0n) is 12.2. The van der Waals surface area contributed by atoms with E-state index in [1.807, 2.05) is 0 Å². The Labute approximate surface area is 121 Å². The maximum atomic E-state index is 6.41. The number of hydrogen-bond acceptors (Lipinski definition) is 2. The van der Waals surface area contributed by atoms with Gasteiger partial charge in [-0.25, -0.2) is 0 Å². The highest BCUT2D eigenvalue weighted by Gasteiger charge is 2.53. The maximum absolute atomic E-state index is 6.41. The smallest absolute Gasteiger partial charge is 0.403 e. The highest BCUT2D eigenvalue weighted by atomic mass is 35.5. The summed E-state index contributed by atoms with van der Waals surface area (Å²) in [5.41, 5.74) is 0.811. The Morgan fingerprint density at radius 1 is 1.16 bits per heavy atom. The van der Waals surface area contributed by atoms with Crippen molar-refractivity contribution in [1.29, 1.82) is 0 Å². The van der Waals surface area contributed by atoms with Crippen LogP contribution in [-0.4, -0.2) is 18.3 Å². The highest BCUT2D eigenvalue weighted by Crippen LogP contribution is 2.47. The third kappa shape index (κ3) is 2.41. The zero-order valence-corrected chi connectivity index (χ0v) is 13.0. The molecule has 0 bridgehead atoms. The Balaban J connectivity index is 1.73. The molecule has 0 radical (unpaired) electrons. The minimum atomic E-state index is -0.265. The van der Waals surface area contributed by atoms with Gasteiger partial charge in [0.1, 0.15) is 0 Å². The van der Waals surface area contributed by atoms with Crippen molar-refractivity contribution >= 4 is 18.7 Å². The van der Waals surface area contributed by atoms with Gasteiger partial charge in [-0.3, -0.25) is 0 Å². The first-order valence-electron chi connectivity index (χ1n) is 7.23. The van der Waals surface area contributed by atoms with Crippen molar-refractivity contribution in [2.45, 2.75) is 64.0 Å². The first-order chi connectivity index (χ1) is 8.80. The van der Waals surface area contributed by atoms with Gasteiger partial charge < -0.3 is 9.31 Å². The van der Waals surface area contributed by atoms with Crippen LogP contribution in [0.2, 0.25) is 5.82 Å². The quantitative estimate of drug-likeness (QED) is 0.702. The summed E-state index contributed by atoms with van der Waals surface area (Å²) in [6.45, 7) is 8.36. The third-order valence-corrected chi connectivity index (χ3v) is 5.23. The van der Waals surface area contributed by atoms with Crippen LogP contribution in [0.3, 0.4) is 0 Å². The number of rotatable bonds is 2. The summed E-state index contributed by atoms with van der Waals surface area (Å²) in [5, 5.41) is 0.911. The molecule has 0 aromatic rings. The lowest BCUT2D eigenvalue weighted by Gasteiger charge is -2.32. The summed E-state index contributed by atoms with van der Waals surface area (Å²) >= 11 is 6.41. The van der Waals surface area contributed by atoms with Gasteiger partial charge >= 0.3 is 7.12 Å². The molecule has 0 spiro atoms. The molecule has 1 saturated carbocycles. The van der Waals surface area contributed by atoms with Crippen molar-refractivity contribution < 1.29 is 9.31 Å². The third-order valence-electron chi connectivity index (χ3n) is 4.88. The van der Waals surface area contributed by atoms with Crippen molar-refractivity contribution in [3.63, 3.8) is 0 Å². The van der Waals surface area contributed by atoms with E-state index in [4.69, 9.17) is 20.9 Å². The summed E-state index contributed by atoms with van der Waals surface area (Å²) in [7, 11) is -0.184. The average Bonchev–Trinajstić information content (AvgIpc) is 3.07. The normalized spacial score (nSPS) is 33.1. The fraction of sp³-hybridized carbons (Fsp3) is 0.733. The number of halogens is 1. The lowest BCUT2D eigenvalue weighted by atomic mass is 9.68. The lowest BCUT2D eigenvalue weighted by molar-refractivity contribution is 0.00578. The van der Waals surface area contributed by atoms with Crippen LogP contribution < -0.4 is 0 Å². The molecule has 19 heavy (non-hydrogen) atoms. The molecule has 2 aliphatic carbocycles. The van der Waals surface area contributed by atoms with Crippen LogP contribution >= 0.6 is 11.6 Å². The van der Waals surface area contributed by atoms with Gasteiger partial charge in [-0.05, 0) is 58.4 Å². The van der Waals surface area contributed by atoms with E-state index in [9.17, 15) is 0 Å². The summed E-state index contributed by atoms with van der Waals surface area (Å²) in [6.07, 6.45) is 7.97. The van der Waals surface area contributed by atoms with Gasteiger partial charge in [0.2, 0.25) is 0 Å². The van der Waals surface area contributed by atoms with Gasteiger partial charge in [0.25, 0.3) is 0 Å². The van der Waals surface area contributed by atoms with Crippen LogP contribution in [0.15, 0.2) is 22.8 Å². The molecule has 2 fully saturated rings. The van der Waals surface area contributed by atoms with Crippen molar-refractivity contribution in [3.8, 4) is 0 Å². The second kappa shape index (κ2) is 4.37.